The Morgan fingerprint density at radius 1 is 1.32 bits per heavy atom. The standard InChI is InChI=1S/C14H12BrFN2O/c1-8-3-2-4-12(17)13(8)14(19)18-9-5-6-10(15)11(16)7-9/h2-7H,17H2,1H3,(H,18,19). The van der Waals surface area contributed by atoms with E-state index in [2.05, 4.69) is 21.2 Å². The van der Waals surface area contributed by atoms with Crippen molar-refractivity contribution in [3.63, 3.8) is 0 Å². The number of benzene rings is 2. The van der Waals surface area contributed by atoms with Crippen molar-refractivity contribution in [2.75, 3.05) is 11.1 Å². The molecule has 0 saturated carbocycles. The highest BCUT2D eigenvalue weighted by molar-refractivity contribution is 9.10. The smallest absolute Gasteiger partial charge is 0.258 e. The second kappa shape index (κ2) is 5.40. The van der Waals surface area contributed by atoms with Gasteiger partial charge in [0.15, 0.2) is 0 Å². The summed E-state index contributed by atoms with van der Waals surface area (Å²) in [5.41, 5.74) is 7.75. The fourth-order valence-electron chi connectivity index (χ4n) is 1.77. The van der Waals surface area contributed by atoms with E-state index in [1.54, 1.807) is 31.2 Å². The number of carbonyl (C=O) groups excluding carboxylic acids is 1. The van der Waals surface area contributed by atoms with Crippen LogP contribution in [-0.2, 0) is 0 Å². The molecule has 3 nitrogen and oxygen atoms in total. The number of carbonyl (C=O) groups is 1. The number of aryl methyl sites for hydroxylation is 1. The average Bonchev–Trinajstić information content (AvgIpc) is 2.33. The van der Waals surface area contributed by atoms with Gasteiger partial charge in [-0.3, -0.25) is 4.79 Å². The molecule has 0 aliphatic carbocycles. The van der Waals surface area contributed by atoms with Gasteiger partial charge in [-0.25, -0.2) is 4.39 Å². The van der Waals surface area contributed by atoms with Gasteiger partial charge in [0.1, 0.15) is 5.82 Å². The molecule has 2 aromatic carbocycles. The number of amides is 1. The van der Waals surface area contributed by atoms with Crippen LogP contribution in [0.3, 0.4) is 0 Å². The topological polar surface area (TPSA) is 55.1 Å². The number of anilines is 2. The molecule has 0 saturated heterocycles. The summed E-state index contributed by atoms with van der Waals surface area (Å²) in [5.74, 6) is -0.784. The lowest BCUT2D eigenvalue weighted by Crippen LogP contribution is -2.15. The summed E-state index contributed by atoms with van der Waals surface area (Å²) in [4.78, 5) is 12.1. The molecule has 0 spiro atoms. The van der Waals surface area contributed by atoms with Gasteiger partial charge >= 0.3 is 0 Å². The molecule has 2 aromatic rings. The largest absolute Gasteiger partial charge is 0.398 e. The average molecular weight is 323 g/mol. The van der Waals surface area contributed by atoms with E-state index in [9.17, 15) is 9.18 Å². The van der Waals surface area contributed by atoms with Crippen LogP contribution in [0, 0.1) is 12.7 Å². The van der Waals surface area contributed by atoms with E-state index in [1.807, 2.05) is 0 Å². The number of nitrogen functional groups attached to an aromatic ring is 1. The third-order valence-corrected chi connectivity index (χ3v) is 3.35. The number of hydrogen-bond acceptors (Lipinski definition) is 2. The lowest BCUT2D eigenvalue weighted by atomic mass is 10.1. The quantitative estimate of drug-likeness (QED) is 0.828. The van der Waals surface area contributed by atoms with Crippen molar-refractivity contribution in [3.8, 4) is 0 Å². The number of halogens is 2. The van der Waals surface area contributed by atoms with E-state index < -0.39 is 5.82 Å². The second-order valence-corrected chi connectivity index (χ2v) is 4.98. The van der Waals surface area contributed by atoms with E-state index >= 15 is 0 Å². The molecular formula is C14H12BrFN2O. The highest BCUT2D eigenvalue weighted by atomic mass is 79.9. The normalized spacial score (nSPS) is 10.3. The van der Waals surface area contributed by atoms with Crippen molar-refractivity contribution in [3.05, 3.63) is 57.8 Å². The second-order valence-electron chi connectivity index (χ2n) is 4.12. The number of rotatable bonds is 2. The van der Waals surface area contributed by atoms with Crippen LogP contribution in [0.2, 0.25) is 0 Å². The Bertz CT molecular complexity index is 623. The Labute approximate surface area is 118 Å². The predicted molar refractivity (Wildman–Crippen MR) is 77.6 cm³/mol. The summed E-state index contributed by atoms with van der Waals surface area (Å²) in [6, 6.07) is 9.63. The van der Waals surface area contributed by atoms with E-state index in [-0.39, 0.29) is 5.91 Å². The number of hydrogen-bond donors (Lipinski definition) is 2. The maximum absolute atomic E-state index is 13.4. The first-order valence-electron chi connectivity index (χ1n) is 5.60. The Morgan fingerprint density at radius 2 is 2.05 bits per heavy atom. The van der Waals surface area contributed by atoms with Gasteiger partial charge in [0.25, 0.3) is 5.91 Å². The molecule has 0 aliphatic heterocycles. The van der Waals surface area contributed by atoms with E-state index in [0.29, 0.717) is 21.4 Å². The molecule has 0 heterocycles. The summed E-state index contributed by atoms with van der Waals surface area (Å²) < 4.78 is 13.7. The third kappa shape index (κ3) is 2.93. The summed E-state index contributed by atoms with van der Waals surface area (Å²) in [7, 11) is 0. The van der Waals surface area contributed by atoms with Crippen LogP contribution in [0.15, 0.2) is 40.9 Å². The van der Waals surface area contributed by atoms with Gasteiger partial charge in [0.05, 0.1) is 10.0 Å². The van der Waals surface area contributed by atoms with Crippen molar-refractivity contribution in [1.29, 1.82) is 0 Å². The molecule has 5 heteroatoms. The Morgan fingerprint density at radius 3 is 2.68 bits per heavy atom. The van der Waals surface area contributed by atoms with Crippen LogP contribution in [0.25, 0.3) is 0 Å². The first-order chi connectivity index (χ1) is 8.99. The minimum Gasteiger partial charge on any atom is -0.398 e. The van der Waals surface area contributed by atoms with Crippen LogP contribution < -0.4 is 11.1 Å². The zero-order valence-electron chi connectivity index (χ0n) is 10.2. The molecule has 0 fully saturated rings. The maximum Gasteiger partial charge on any atom is 0.258 e. The Kier molecular flexibility index (Phi) is 3.85. The highest BCUT2D eigenvalue weighted by Crippen LogP contribution is 2.22. The van der Waals surface area contributed by atoms with Crippen molar-refractivity contribution >= 4 is 33.2 Å². The van der Waals surface area contributed by atoms with Gasteiger partial charge in [-0.05, 0) is 52.7 Å². The number of nitrogens with two attached hydrogens (primary N) is 1. The molecular weight excluding hydrogens is 311 g/mol. The van der Waals surface area contributed by atoms with Crippen molar-refractivity contribution in [2.45, 2.75) is 6.92 Å². The third-order valence-electron chi connectivity index (χ3n) is 2.71. The molecule has 98 valence electrons. The predicted octanol–water partition coefficient (Wildman–Crippen LogP) is 3.73. The monoisotopic (exact) mass is 322 g/mol. The Hall–Kier alpha value is -1.88. The first-order valence-corrected chi connectivity index (χ1v) is 6.40. The van der Waals surface area contributed by atoms with Gasteiger partial charge in [-0.15, -0.1) is 0 Å². The Balaban J connectivity index is 2.28. The van der Waals surface area contributed by atoms with Crippen LogP contribution in [0.4, 0.5) is 15.8 Å². The molecule has 0 aromatic heterocycles. The summed E-state index contributed by atoms with van der Waals surface area (Å²) >= 11 is 3.06. The van der Waals surface area contributed by atoms with Crippen LogP contribution in [0.5, 0.6) is 0 Å². The van der Waals surface area contributed by atoms with Crippen LogP contribution in [0.1, 0.15) is 15.9 Å². The molecule has 19 heavy (non-hydrogen) atoms. The van der Waals surface area contributed by atoms with Gasteiger partial charge < -0.3 is 11.1 Å². The van der Waals surface area contributed by atoms with Crippen molar-refractivity contribution in [2.24, 2.45) is 0 Å². The lowest BCUT2D eigenvalue weighted by Gasteiger charge is -2.10. The minimum absolute atomic E-state index is 0.348. The molecule has 3 N–H and O–H groups in total. The van der Waals surface area contributed by atoms with Gasteiger partial charge in [0, 0.05) is 11.4 Å². The summed E-state index contributed by atoms with van der Waals surface area (Å²) in [5, 5.41) is 2.63. The van der Waals surface area contributed by atoms with Crippen LogP contribution in [-0.4, -0.2) is 5.91 Å². The van der Waals surface area contributed by atoms with E-state index in [4.69, 9.17) is 5.73 Å². The molecule has 0 unspecified atom stereocenters. The van der Waals surface area contributed by atoms with Gasteiger partial charge in [-0.2, -0.15) is 0 Å². The fourth-order valence-corrected chi connectivity index (χ4v) is 2.01. The van der Waals surface area contributed by atoms with E-state index in [0.717, 1.165) is 5.56 Å². The summed E-state index contributed by atoms with van der Waals surface area (Å²) in [6.45, 7) is 1.80. The molecule has 2 rings (SSSR count). The molecule has 0 aliphatic rings. The zero-order valence-corrected chi connectivity index (χ0v) is 11.8. The highest BCUT2D eigenvalue weighted by Gasteiger charge is 2.13. The SMILES string of the molecule is Cc1cccc(N)c1C(=O)Nc1ccc(Br)c(F)c1. The van der Waals surface area contributed by atoms with Gasteiger partial charge in [-0.1, -0.05) is 12.1 Å². The summed E-state index contributed by atoms with van der Waals surface area (Å²) in [6.07, 6.45) is 0. The first kappa shape index (κ1) is 13.5. The van der Waals surface area contributed by atoms with Gasteiger partial charge in [0.2, 0.25) is 0 Å². The molecule has 0 radical (unpaired) electrons. The molecule has 0 atom stereocenters. The van der Waals surface area contributed by atoms with Crippen LogP contribution >= 0.6 is 15.9 Å². The minimum atomic E-state index is -0.435. The number of nitrogens with one attached hydrogen (secondary N) is 1. The molecule has 0 bridgehead atoms. The van der Waals surface area contributed by atoms with Crippen molar-refractivity contribution in [1.82, 2.24) is 0 Å². The van der Waals surface area contributed by atoms with E-state index in [1.165, 1.54) is 12.1 Å². The molecule has 1 amide bonds. The lowest BCUT2D eigenvalue weighted by molar-refractivity contribution is 0.102. The van der Waals surface area contributed by atoms with Crippen molar-refractivity contribution < 1.29 is 9.18 Å². The maximum atomic E-state index is 13.4. The fraction of sp³-hybridized carbons (Fsp3) is 0.0714. The zero-order chi connectivity index (χ0) is 14.0.